The highest BCUT2D eigenvalue weighted by Gasteiger charge is 2.27. The second kappa shape index (κ2) is 8.57. The quantitative estimate of drug-likeness (QED) is 0.422. The van der Waals surface area contributed by atoms with E-state index < -0.39 is 5.82 Å². The molecule has 1 aliphatic rings. The van der Waals surface area contributed by atoms with Crippen LogP contribution in [0, 0.1) is 19.7 Å². The fraction of sp³-hybridized carbons (Fsp3) is 0.364. The summed E-state index contributed by atoms with van der Waals surface area (Å²) in [4.78, 5) is 32.5. The lowest BCUT2D eigenvalue weighted by Crippen LogP contribution is -2.42. The Labute approximate surface area is 188 Å². The highest BCUT2D eigenvalue weighted by atomic mass is 19.1. The topological polar surface area (TPSA) is 135 Å². The van der Waals surface area contributed by atoms with Crippen LogP contribution in [0.15, 0.2) is 29.4 Å². The predicted octanol–water partition coefficient (Wildman–Crippen LogP) is 3.31. The number of amides is 1. The Morgan fingerprint density at radius 1 is 1.21 bits per heavy atom. The molecule has 1 saturated carbocycles. The molecule has 0 aromatic carbocycles. The van der Waals surface area contributed by atoms with Crippen molar-refractivity contribution in [2.24, 2.45) is 0 Å². The number of anilines is 1. The molecule has 4 heterocycles. The highest BCUT2D eigenvalue weighted by molar-refractivity contribution is 5.96. The van der Waals surface area contributed by atoms with Gasteiger partial charge in [-0.3, -0.25) is 4.79 Å². The summed E-state index contributed by atoms with van der Waals surface area (Å²) in [5, 5.41) is 10.9. The number of H-pyrrole nitrogens is 1. The molecule has 10 nitrogen and oxygen atoms in total. The zero-order valence-corrected chi connectivity index (χ0v) is 18.2. The van der Waals surface area contributed by atoms with Gasteiger partial charge in [0, 0.05) is 35.4 Å². The normalized spacial score (nSPS) is 18.4. The van der Waals surface area contributed by atoms with E-state index in [1.165, 1.54) is 6.33 Å². The van der Waals surface area contributed by atoms with Crippen molar-refractivity contribution in [3.8, 4) is 11.4 Å². The third-order valence-corrected chi connectivity index (χ3v) is 5.95. The molecule has 4 aromatic rings. The Balaban J connectivity index is 1.31. The number of carbonyl (C=O) groups excluding carboxylic acids is 1. The van der Waals surface area contributed by atoms with Crippen LogP contribution in [0.4, 0.5) is 10.2 Å². The zero-order chi connectivity index (χ0) is 22.9. The fourth-order valence-electron chi connectivity index (χ4n) is 4.35. The first kappa shape index (κ1) is 21.0. The fourth-order valence-corrected chi connectivity index (χ4v) is 4.35. The lowest BCUT2D eigenvalue weighted by atomic mass is 9.90. The Bertz CT molecular complexity index is 1300. The molecule has 11 heteroatoms. The molecule has 1 unspecified atom stereocenters. The minimum atomic E-state index is -0.531. The number of hydrogen-bond acceptors (Lipinski definition) is 8. The van der Waals surface area contributed by atoms with E-state index >= 15 is 0 Å². The molecular formula is C22H23FN8O2. The maximum Gasteiger partial charge on any atom is 0.257 e. The van der Waals surface area contributed by atoms with Crippen molar-refractivity contribution in [2.75, 3.05) is 5.32 Å². The largest absolute Gasteiger partial charge is 0.365 e. The molecule has 1 fully saturated rings. The number of hydrogen-bond donors (Lipinski definition) is 3. The average Bonchev–Trinajstić information content (AvgIpc) is 3.38. The first-order chi connectivity index (χ1) is 16.0. The molecule has 4 aromatic heterocycles. The third-order valence-electron chi connectivity index (χ3n) is 5.95. The summed E-state index contributed by atoms with van der Waals surface area (Å²) in [7, 11) is 0. The van der Waals surface area contributed by atoms with E-state index in [2.05, 4.69) is 40.7 Å². The molecule has 0 bridgehead atoms. The number of nitrogens with one attached hydrogen (secondary N) is 3. The minimum absolute atomic E-state index is 0.0442. The van der Waals surface area contributed by atoms with Crippen LogP contribution in [0.2, 0.25) is 0 Å². The molecule has 0 aliphatic heterocycles. The second-order valence-electron chi connectivity index (χ2n) is 8.25. The Morgan fingerprint density at radius 3 is 2.88 bits per heavy atom. The summed E-state index contributed by atoms with van der Waals surface area (Å²) in [5.41, 5.74) is 2.39. The monoisotopic (exact) mass is 450 g/mol. The number of rotatable bonds is 5. The number of aromatic amines is 1. The van der Waals surface area contributed by atoms with E-state index in [9.17, 15) is 9.18 Å². The molecular weight excluding hydrogens is 427 g/mol. The van der Waals surface area contributed by atoms with Crippen molar-refractivity contribution < 1.29 is 13.7 Å². The van der Waals surface area contributed by atoms with E-state index in [1.54, 1.807) is 26.2 Å². The van der Waals surface area contributed by atoms with Crippen molar-refractivity contribution >= 4 is 22.8 Å². The third kappa shape index (κ3) is 4.13. The molecule has 5 rings (SSSR count). The van der Waals surface area contributed by atoms with Gasteiger partial charge in [-0.25, -0.2) is 24.3 Å². The van der Waals surface area contributed by atoms with E-state index in [0.717, 1.165) is 30.8 Å². The first-order valence-electron chi connectivity index (χ1n) is 10.8. The Hall–Kier alpha value is -3.89. The molecule has 2 atom stereocenters. The van der Waals surface area contributed by atoms with E-state index in [4.69, 9.17) is 4.52 Å². The molecule has 3 N–H and O–H groups in total. The van der Waals surface area contributed by atoms with Crippen LogP contribution in [0.25, 0.3) is 22.4 Å². The van der Waals surface area contributed by atoms with Crippen molar-refractivity contribution in [3.05, 3.63) is 47.8 Å². The summed E-state index contributed by atoms with van der Waals surface area (Å²) in [6.45, 7) is 3.46. The smallest absolute Gasteiger partial charge is 0.257 e. The van der Waals surface area contributed by atoms with Gasteiger partial charge in [0.1, 0.15) is 23.3 Å². The van der Waals surface area contributed by atoms with Crippen molar-refractivity contribution in [3.63, 3.8) is 0 Å². The van der Waals surface area contributed by atoms with E-state index in [-0.39, 0.29) is 23.8 Å². The number of fused-ring (bicyclic) bond motifs is 1. The summed E-state index contributed by atoms with van der Waals surface area (Å²) in [5.74, 6) is 0.271. The molecule has 0 radical (unpaired) electrons. The van der Waals surface area contributed by atoms with Gasteiger partial charge in [0.05, 0.1) is 11.9 Å². The van der Waals surface area contributed by atoms with Crippen molar-refractivity contribution in [1.29, 1.82) is 0 Å². The standard InChI is InChI=1S/C22H23FN8O2/c1-11-18(12(2)33-31-11)22(32)29-14-5-3-4-13(6-14)28-21-17(23)9-26-20(30-21)16-8-25-19-15(16)7-24-10-27-19/h7-10,13-14H,3-6H2,1-2H3,(H,29,32)(H,24,25,27)(H,26,28,30)/t13-,14?/m1/s1. The molecule has 1 aliphatic carbocycles. The lowest BCUT2D eigenvalue weighted by molar-refractivity contribution is 0.0924. The summed E-state index contributed by atoms with van der Waals surface area (Å²) >= 11 is 0. The van der Waals surface area contributed by atoms with Gasteiger partial charge in [-0.05, 0) is 39.5 Å². The number of aryl methyl sites for hydroxylation is 2. The van der Waals surface area contributed by atoms with E-state index in [1.807, 2.05) is 0 Å². The van der Waals surface area contributed by atoms with Gasteiger partial charge in [-0.1, -0.05) is 5.16 Å². The van der Waals surface area contributed by atoms with Crippen molar-refractivity contribution in [2.45, 2.75) is 51.6 Å². The highest BCUT2D eigenvalue weighted by Crippen LogP contribution is 2.27. The van der Waals surface area contributed by atoms with Gasteiger partial charge in [0.25, 0.3) is 5.91 Å². The van der Waals surface area contributed by atoms with Crippen molar-refractivity contribution in [1.82, 2.24) is 35.4 Å². The minimum Gasteiger partial charge on any atom is -0.365 e. The van der Waals surface area contributed by atoms with Crippen LogP contribution in [0.1, 0.15) is 47.5 Å². The molecule has 1 amide bonds. The van der Waals surface area contributed by atoms with E-state index in [0.29, 0.717) is 40.5 Å². The van der Waals surface area contributed by atoms with Gasteiger partial charge in [0.15, 0.2) is 17.5 Å². The van der Waals surface area contributed by atoms with Gasteiger partial charge < -0.3 is 20.1 Å². The van der Waals surface area contributed by atoms with Gasteiger partial charge >= 0.3 is 0 Å². The lowest BCUT2D eigenvalue weighted by Gasteiger charge is -2.30. The molecule has 0 saturated heterocycles. The van der Waals surface area contributed by atoms with Gasteiger partial charge in [-0.15, -0.1) is 0 Å². The number of carbonyl (C=O) groups is 1. The van der Waals surface area contributed by atoms with Crippen LogP contribution in [0.3, 0.4) is 0 Å². The van der Waals surface area contributed by atoms with Crippen LogP contribution < -0.4 is 10.6 Å². The summed E-state index contributed by atoms with van der Waals surface area (Å²) in [6, 6.07) is -0.0927. The number of nitrogens with zero attached hydrogens (tertiary/aromatic N) is 5. The summed E-state index contributed by atoms with van der Waals surface area (Å²) < 4.78 is 19.7. The van der Waals surface area contributed by atoms with Crippen LogP contribution in [-0.2, 0) is 0 Å². The predicted molar refractivity (Wildman–Crippen MR) is 118 cm³/mol. The maximum absolute atomic E-state index is 14.6. The maximum atomic E-state index is 14.6. The molecule has 170 valence electrons. The van der Waals surface area contributed by atoms with Gasteiger partial charge in [-0.2, -0.15) is 0 Å². The SMILES string of the molecule is Cc1noc(C)c1C(=O)NC1CCC[C@@H](Nc2nc(-c3c[nH]c4ncncc34)ncc2F)C1. The number of aromatic nitrogens is 6. The average molecular weight is 450 g/mol. The molecule has 33 heavy (non-hydrogen) atoms. The van der Waals surface area contributed by atoms with Gasteiger partial charge in [0.2, 0.25) is 0 Å². The zero-order valence-electron chi connectivity index (χ0n) is 18.2. The first-order valence-corrected chi connectivity index (χ1v) is 10.8. The Morgan fingerprint density at radius 2 is 2.06 bits per heavy atom. The van der Waals surface area contributed by atoms with Crippen LogP contribution in [0.5, 0.6) is 0 Å². The summed E-state index contributed by atoms with van der Waals surface area (Å²) in [6.07, 6.45) is 9.24. The Kier molecular flexibility index (Phi) is 5.45. The van der Waals surface area contributed by atoms with Crippen LogP contribution in [-0.4, -0.2) is 48.1 Å². The van der Waals surface area contributed by atoms with Crippen LogP contribution >= 0.6 is 0 Å². The second-order valence-corrected chi connectivity index (χ2v) is 8.25. The number of halogens is 1. The molecule has 0 spiro atoms.